The Hall–Kier alpha value is -1.85. The van der Waals surface area contributed by atoms with Crippen LogP contribution in [0.2, 0.25) is 5.15 Å². The molecule has 9 nitrogen and oxygen atoms in total. The third-order valence-electron chi connectivity index (χ3n) is 6.33. The number of anilines is 1. The lowest BCUT2D eigenvalue weighted by atomic mass is 10.1. The number of morpholine rings is 1. The molecule has 32 heavy (non-hydrogen) atoms. The van der Waals surface area contributed by atoms with Gasteiger partial charge in [0, 0.05) is 31.4 Å². The summed E-state index contributed by atoms with van der Waals surface area (Å²) in [5.74, 6) is -0.279. The molecule has 0 saturated carbocycles. The van der Waals surface area contributed by atoms with Gasteiger partial charge in [0.25, 0.3) is 0 Å². The van der Waals surface area contributed by atoms with Gasteiger partial charge in [0.1, 0.15) is 23.5 Å². The predicted octanol–water partition coefficient (Wildman–Crippen LogP) is 1.65. The Morgan fingerprint density at radius 1 is 1.28 bits per heavy atom. The molecular formula is C21H27ClFN5O4. The van der Waals surface area contributed by atoms with E-state index in [-0.39, 0.29) is 35.9 Å². The van der Waals surface area contributed by atoms with Gasteiger partial charge in [0.15, 0.2) is 11.0 Å². The van der Waals surface area contributed by atoms with Crippen LogP contribution in [0, 0.1) is 5.82 Å². The lowest BCUT2D eigenvalue weighted by Gasteiger charge is -2.33. The molecule has 0 aromatic carbocycles. The maximum atomic E-state index is 14.9. The molecule has 0 amide bonds. The second-order valence-electron chi connectivity index (χ2n) is 8.93. The predicted molar refractivity (Wildman–Crippen MR) is 116 cm³/mol. The van der Waals surface area contributed by atoms with E-state index in [0.717, 1.165) is 32.6 Å². The van der Waals surface area contributed by atoms with E-state index in [1.54, 1.807) is 6.92 Å². The largest absolute Gasteiger partial charge is 0.462 e. The molecule has 0 bridgehead atoms. The summed E-state index contributed by atoms with van der Waals surface area (Å²) in [6.45, 7) is 5.80. The number of ether oxygens (including phenoxy) is 3. The standard InChI is InChI=1S/C21H27ClFN5O4/c1-21(29)11-27(4-6-31-12-21)19-15-8-24-18(22)16(23)17(15)25-20(26-19)32-10-14-3-2-13-9-30-7-5-28(13)14/h8,13-14,29H,2-7,9-12H2,1H3/t13?,14?,21-/m0/s1. The van der Waals surface area contributed by atoms with Crippen molar-refractivity contribution in [2.45, 2.75) is 37.5 Å². The molecule has 2 aromatic rings. The van der Waals surface area contributed by atoms with E-state index < -0.39 is 11.4 Å². The molecule has 0 aliphatic carbocycles. The van der Waals surface area contributed by atoms with Crippen molar-refractivity contribution in [2.75, 3.05) is 57.6 Å². The summed E-state index contributed by atoms with van der Waals surface area (Å²) in [7, 11) is 0. The number of pyridine rings is 1. The van der Waals surface area contributed by atoms with Gasteiger partial charge in [-0.2, -0.15) is 9.97 Å². The zero-order chi connectivity index (χ0) is 22.3. The first-order chi connectivity index (χ1) is 15.4. The van der Waals surface area contributed by atoms with Crippen LogP contribution in [0.5, 0.6) is 6.01 Å². The first kappa shape index (κ1) is 22.0. The SMILES string of the molecule is C[C@@]1(O)COCCN(c2nc(OCC3CCC4COCCN43)nc3c(F)c(Cl)ncc23)C1. The fourth-order valence-electron chi connectivity index (χ4n) is 4.79. The van der Waals surface area contributed by atoms with Crippen LogP contribution in [0.3, 0.4) is 0 Å². The molecule has 174 valence electrons. The van der Waals surface area contributed by atoms with E-state index >= 15 is 0 Å². The molecule has 3 aliphatic heterocycles. The van der Waals surface area contributed by atoms with E-state index in [4.69, 9.17) is 25.8 Å². The van der Waals surface area contributed by atoms with E-state index in [1.165, 1.54) is 6.20 Å². The van der Waals surface area contributed by atoms with Gasteiger partial charge in [0.2, 0.25) is 0 Å². The first-order valence-corrected chi connectivity index (χ1v) is 11.3. The summed E-state index contributed by atoms with van der Waals surface area (Å²) in [4.78, 5) is 17.1. The fourth-order valence-corrected chi connectivity index (χ4v) is 4.92. The highest BCUT2D eigenvalue weighted by atomic mass is 35.5. The Morgan fingerprint density at radius 2 is 2.12 bits per heavy atom. The molecular weight excluding hydrogens is 441 g/mol. The molecule has 3 atom stereocenters. The van der Waals surface area contributed by atoms with Gasteiger partial charge >= 0.3 is 6.01 Å². The van der Waals surface area contributed by atoms with Gasteiger partial charge < -0.3 is 24.2 Å². The van der Waals surface area contributed by atoms with Gasteiger partial charge in [-0.05, 0) is 19.8 Å². The summed E-state index contributed by atoms with van der Waals surface area (Å²) in [6.07, 6.45) is 3.52. The number of aliphatic hydroxyl groups is 1. The fraction of sp³-hybridized carbons (Fsp3) is 0.667. The van der Waals surface area contributed by atoms with Crippen molar-refractivity contribution in [3.8, 4) is 6.01 Å². The third kappa shape index (κ3) is 4.34. The van der Waals surface area contributed by atoms with Gasteiger partial charge in [0.05, 0.1) is 38.4 Å². The van der Waals surface area contributed by atoms with E-state index in [9.17, 15) is 9.50 Å². The number of halogens is 2. The number of nitrogens with zero attached hydrogens (tertiary/aromatic N) is 5. The topological polar surface area (TPSA) is 93.1 Å². The average Bonchev–Trinajstić information content (AvgIpc) is 3.10. The number of rotatable bonds is 4. The van der Waals surface area contributed by atoms with Crippen LogP contribution in [0.15, 0.2) is 6.20 Å². The summed E-state index contributed by atoms with van der Waals surface area (Å²) in [5, 5.41) is 10.8. The molecule has 5 rings (SSSR count). The monoisotopic (exact) mass is 467 g/mol. The Morgan fingerprint density at radius 3 is 3.00 bits per heavy atom. The van der Waals surface area contributed by atoms with Gasteiger partial charge in [-0.3, -0.25) is 4.90 Å². The molecule has 3 fully saturated rings. The summed E-state index contributed by atoms with van der Waals surface area (Å²) in [6, 6.07) is 0.743. The third-order valence-corrected chi connectivity index (χ3v) is 6.59. The number of fused-ring (bicyclic) bond motifs is 2. The average molecular weight is 468 g/mol. The maximum Gasteiger partial charge on any atom is 0.319 e. The minimum Gasteiger partial charge on any atom is -0.462 e. The molecule has 0 spiro atoms. The molecule has 3 aliphatic rings. The Balaban J connectivity index is 1.46. The lowest BCUT2D eigenvalue weighted by Crippen LogP contribution is -2.46. The lowest BCUT2D eigenvalue weighted by molar-refractivity contribution is -0.0123. The van der Waals surface area contributed by atoms with Crippen molar-refractivity contribution in [1.29, 1.82) is 0 Å². The summed E-state index contributed by atoms with van der Waals surface area (Å²) < 4.78 is 32.0. The molecule has 2 unspecified atom stereocenters. The zero-order valence-electron chi connectivity index (χ0n) is 18.0. The number of β-amino-alcohol motifs (C(OH)–C–C–N with tert-alkyl or cyclic N) is 1. The molecule has 11 heteroatoms. The van der Waals surface area contributed by atoms with Crippen molar-refractivity contribution in [3.05, 3.63) is 17.2 Å². The van der Waals surface area contributed by atoms with Crippen LogP contribution in [-0.4, -0.2) is 95.3 Å². The van der Waals surface area contributed by atoms with E-state index in [2.05, 4.69) is 19.9 Å². The summed E-state index contributed by atoms with van der Waals surface area (Å²) in [5.41, 5.74) is -1.03. The van der Waals surface area contributed by atoms with Gasteiger partial charge in [-0.25, -0.2) is 9.37 Å². The van der Waals surface area contributed by atoms with Crippen LogP contribution < -0.4 is 9.64 Å². The maximum absolute atomic E-state index is 14.9. The highest BCUT2D eigenvalue weighted by Gasteiger charge is 2.36. The minimum absolute atomic E-state index is 0.0467. The number of hydrogen-bond acceptors (Lipinski definition) is 9. The zero-order valence-corrected chi connectivity index (χ0v) is 18.7. The van der Waals surface area contributed by atoms with Crippen LogP contribution in [0.4, 0.5) is 10.2 Å². The normalized spacial score (nSPS) is 29.2. The second-order valence-corrected chi connectivity index (χ2v) is 9.29. The Bertz CT molecular complexity index is 996. The van der Waals surface area contributed by atoms with Crippen molar-refractivity contribution in [1.82, 2.24) is 19.9 Å². The van der Waals surface area contributed by atoms with E-state index in [1.807, 2.05) is 4.90 Å². The van der Waals surface area contributed by atoms with Crippen LogP contribution in [0.1, 0.15) is 19.8 Å². The highest BCUT2D eigenvalue weighted by Crippen LogP contribution is 2.32. The molecule has 0 radical (unpaired) electrons. The van der Waals surface area contributed by atoms with Crippen molar-refractivity contribution >= 4 is 28.3 Å². The number of hydrogen-bond donors (Lipinski definition) is 1. The van der Waals surface area contributed by atoms with Gasteiger partial charge in [-0.1, -0.05) is 11.6 Å². The van der Waals surface area contributed by atoms with Crippen LogP contribution in [0.25, 0.3) is 10.9 Å². The van der Waals surface area contributed by atoms with Crippen molar-refractivity contribution in [3.63, 3.8) is 0 Å². The molecule has 3 saturated heterocycles. The first-order valence-electron chi connectivity index (χ1n) is 10.9. The molecule has 2 aromatic heterocycles. The Kier molecular flexibility index (Phi) is 6.06. The smallest absolute Gasteiger partial charge is 0.319 e. The summed E-state index contributed by atoms with van der Waals surface area (Å²) >= 11 is 5.93. The molecule has 1 N–H and O–H groups in total. The van der Waals surface area contributed by atoms with Crippen LogP contribution in [-0.2, 0) is 9.47 Å². The molecule has 5 heterocycles. The van der Waals surface area contributed by atoms with Gasteiger partial charge in [-0.15, -0.1) is 0 Å². The Labute approximate surface area is 190 Å². The minimum atomic E-state index is -1.08. The van der Waals surface area contributed by atoms with Crippen molar-refractivity contribution in [2.24, 2.45) is 0 Å². The van der Waals surface area contributed by atoms with E-state index in [0.29, 0.717) is 37.0 Å². The highest BCUT2D eigenvalue weighted by molar-refractivity contribution is 6.30. The number of aromatic nitrogens is 3. The second kappa shape index (κ2) is 8.83. The quantitative estimate of drug-likeness (QED) is 0.673. The van der Waals surface area contributed by atoms with Crippen LogP contribution >= 0.6 is 11.6 Å². The van der Waals surface area contributed by atoms with Crippen molar-refractivity contribution < 1.29 is 23.7 Å².